The number of alkyl halides is 2. The van der Waals surface area contributed by atoms with Gasteiger partial charge in [-0.2, -0.15) is 0 Å². The summed E-state index contributed by atoms with van der Waals surface area (Å²) in [5.74, 6) is -2.95. The fourth-order valence-electron chi connectivity index (χ4n) is 1.10. The molecule has 70 valence electrons. The van der Waals surface area contributed by atoms with Crippen molar-refractivity contribution in [3.63, 3.8) is 0 Å². The minimum absolute atomic E-state index is 0.258. The van der Waals surface area contributed by atoms with Gasteiger partial charge in [-0.25, -0.2) is 8.78 Å². The summed E-state index contributed by atoms with van der Waals surface area (Å²) >= 11 is 0. The van der Waals surface area contributed by atoms with E-state index >= 15 is 0 Å². The van der Waals surface area contributed by atoms with Gasteiger partial charge in [0.1, 0.15) is 0 Å². The second-order valence-electron chi connectivity index (χ2n) is 3.26. The van der Waals surface area contributed by atoms with Crippen LogP contribution in [0.4, 0.5) is 8.78 Å². The Hall–Kier alpha value is -0.710. The van der Waals surface area contributed by atoms with Crippen molar-refractivity contribution in [2.45, 2.75) is 37.8 Å². The fraction of sp³-hybridized carbons (Fsp3) is 0.857. The third-order valence-corrected chi connectivity index (χ3v) is 1.85. The number of hydrogen-bond donors (Lipinski definition) is 2. The highest BCUT2D eigenvalue weighted by molar-refractivity contribution is 5.81. The first-order valence-electron chi connectivity index (χ1n) is 3.84. The van der Waals surface area contributed by atoms with Crippen LogP contribution in [0, 0.1) is 0 Å². The highest BCUT2D eigenvalue weighted by Gasteiger charge is 2.45. The number of amides is 1. The lowest BCUT2D eigenvalue weighted by molar-refractivity contribution is -0.130. The fourth-order valence-corrected chi connectivity index (χ4v) is 1.10. The van der Waals surface area contributed by atoms with Crippen LogP contribution in [0.15, 0.2) is 0 Å². The normalized spacial score (nSPS) is 24.3. The van der Waals surface area contributed by atoms with Gasteiger partial charge in [-0.1, -0.05) is 0 Å². The van der Waals surface area contributed by atoms with Gasteiger partial charge in [-0.3, -0.25) is 4.79 Å². The largest absolute Gasteiger partial charge is 0.352 e. The predicted octanol–water partition coefficient (Wildman–Crippen LogP) is 0.247. The van der Waals surface area contributed by atoms with Crippen molar-refractivity contribution in [1.82, 2.24) is 5.32 Å². The van der Waals surface area contributed by atoms with Crippen LogP contribution >= 0.6 is 0 Å². The molecule has 0 aromatic rings. The molecule has 1 fully saturated rings. The molecule has 1 rings (SSSR count). The zero-order chi connectivity index (χ0) is 9.35. The number of hydrogen-bond acceptors (Lipinski definition) is 2. The maximum atomic E-state index is 12.3. The topological polar surface area (TPSA) is 55.1 Å². The number of halogens is 2. The maximum Gasteiger partial charge on any atom is 0.252 e. The molecule has 3 nitrogen and oxygen atoms in total. The van der Waals surface area contributed by atoms with Crippen molar-refractivity contribution in [2.75, 3.05) is 0 Å². The molecule has 3 N–H and O–H groups in total. The lowest BCUT2D eigenvalue weighted by Gasteiger charge is -2.35. The Labute approximate surface area is 69.3 Å². The zero-order valence-electron chi connectivity index (χ0n) is 6.81. The molecule has 1 aliphatic carbocycles. The Bertz CT molecular complexity index is 186. The molecule has 0 spiro atoms. The minimum Gasteiger partial charge on any atom is -0.352 e. The second kappa shape index (κ2) is 2.97. The highest BCUT2D eigenvalue weighted by atomic mass is 19.3. The van der Waals surface area contributed by atoms with Crippen LogP contribution in [0.3, 0.4) is 0 Å². The molecule has 0 aliphatic heterocycles. The van der Waals surface area contributed by atoms with Gasteiger partial charge in [0, 0.05) is 18.9 Å². The van der Waals surface area contributed by atoms with Gasteiger partial charge in [0.05, 0.1) is 6.04 Å². The SMILES string of the molecule is C[C@@H](N)C(=O)NC1CC(F)(F)C1. The van der Waals surface area contributed by atoms with Crippen LogP contribution in [-0.2, 0) is 4.79 Å². The van der Waals surface area contributed by atoms with Crippen LogP contribution in [0.1, 0.15) is 19.8 Å². The summed E-state index contributed by atoms with van der Waals surface area (Å²) in [6.07, 6.45) is -0.517. The van der Waals surface area contributed by atoms with Crippen molar-refractivity contribution < 1.29 is 13.6 Å². The van der Waals surface area contributed by atoms with E-state index in [2.05, 4.69) is 5.32 Å². The van der Waals surface area contributed by atoms with E-state index in [1.807, 2.05) is 0 Å². The smallest absolute Gasteiger partial charge is 0.252 e. The highest BCUT2D eigenvalue weighted by Crippen LogP contribution is 2.37. The van der Waals surface area contributed by atoms with Gasteiger partial charge in [0.25, 0.3) is 5.92 Å². The van der Waals surface area contributed by atoms with Gasteiger partial charge in [0.15, 0.2) is 0 Å². The molecule has 1 amide bonds. The van der Waals surface area contributed by atoms with E-state index in [1.54, 1.807) is 0 Å². The Kier molecular flexibility index (Phi) is 2.32. The molecule has 1 aliphatic rings. The number of carbonyl (C=O) groups is 1. The molecule has 1 saturated carbocycles. The lowest BCUT2D eigenvalue weighted by Crippen LogP contribution is -2.53. The first kappa shape index (κ1) is 9.38. The van der Waals surface area contributed by atoms with Crippen LogP contribution in [0.2, 0.25) is 0 Å². The van der Waals surface area contributed by atoms with E-state index in [9.17, 15) is 13.6 Å². The van der Waals surface area contributed by atoms with Crippen molar-refractivity contribution in [1.29, 1.82) is 0 Å². The molecule has 0 heterocycles. The molecule has 0 bridgehead atoms. The molecule has 0 aromatic carbocycles. The van der Waals surface area contributed by atoms with Gasteiger partial charge < -0.3 is 11.1 Å². The number of nitrogens with two attached hydrogens (primary N) is 1. The van der Waals surface area contributed by atoms with Gasteiger partial charge >= 0.3 is 0 Å². The van der Waals surface area contributed by atoms with E-state index in [4.69, 9.17) is 5.73 Å². The lowest BCUT2D eigenvalue weighted by atomic mass is 9.88. The van der Waals surface area contributed by atoms with Gasteiger partial charge in [-0.15, -0.1) is 0 Å². The molecular formula is C7H12F2N2O. The van der Waals surface area contributed by atoms with Crippen molar-refractivity contribution in [3.8, 4) is 0 Å². The molecule has 12 heavy (non-hydrogen) atoms. The predicted molar refractivity (Wildman–Crippen MR) is 39.8 cm³/mol. The molecule has 0 saturated heterocycles. The quantitative estimate of drug-likeness (QED) is 0.636. The summed E-state index contributed by atoms with van der Waals surface area (Å²) in [5, 5.41) is 2.43. The number of nitrogens with one attached hydrogen (secondary N) is 1. The molecule has 1 atom stereocenters. The number of carbonyl (C=O) groups excluding carboxylic acids is 1. The Morgan fingerprint density at radius 1 is 1.67 bits per heavy atom. The molecular weight excluding hydrogens is 166 g/mol. The maximum absolute atomic E-state index is 12.3. The minimum atomic E-state index is -2.59. The van der Waals surface area contributed by atoms with E-state index in [1.165, 1.54) is 6.92 Å². The number of rotatable bonds is 2. The average Bonchev–Trinajstić information content (AvgIpc) is 1.83. The summed E-state index contributed by atoms with van der Waals surface area (Å²) < 4.78 is 24.5. The summed E-state index contributed by atoms with van der Waals surface area (Å²) in [5.41, 5.74) is 5.23. The molecule has 5 heteroatoms. The van der Waals surface area contributed by atoms with E-state index in [0.717, 1.165) is 0 Å². The first-order chi connectivity index (χ1) is 5.41. The Morgan fingerprint density at radius 2 is 2.17 bits per heavy atom. The third kappa shape index (κ3) is 2.14. The van der Waals surface area contributed by atoms with Gasteiger partial charge in [0.2, 0.25) is 5.91 Å². The van der Waals surface area contributed by atoms with Crippen molar-refractivity contribution >= 4 is 5.91 Å². The van der Waals surface area contributed by atoms with Crippen LogP contribution in [-0.4, -0.2) is 23.9 Å². The first-order valence-corrected chi connectivity index (χ1v) is 3.84. The standard InChI is InChI=1S/C7H12F2N2O/c1-4(10)6(12)11-5-2-7(8,9)3-5/h4-5H,2-3,10H2,1H3,(H,11,12)/t4-/m1/s1. The van der Waals surface area contributed by atoms with Crippen LogP contribution in [0.25, 0.3) is 0 Å². The summed E-state index contributed by atoms with van der Waals surface area (Å²) in [6, 6.07) is -1.02. The summed E-state index contributed by atoms with van der Waals surface area (Å²) in [4.78, 5) is 10.9. The molecule has 0 unspecified atom stereocenters. The zero-order valence-corrected chi connectivity index (χ0v) is 6.81. The summed E-state index contributed by atoms with van der Waals surface area (Å²) in [6.45, 7) is 1.52. The molecule has 0 aromatic heterocycles. The van der Waals surface area contributed by atoms with Crippen molar-refractivity contribution in [3.05, 3.63) is 0 Å². The molecule has 0 radical (unpaired) electrons. The van der Waals surface area contributed by atoms with Crippen molar-refractivity contribution in [2.24, 2.45) is 5.73 Å². The Balaban J connectivity index is 2.23. The average molecular weight is 178 g/mol. The summed E-state index contributed by atoms with van der Waals surface area (Å²) in [7, 11) is 0. The van der Waals surface area contributed by atoms with E-state index in [0.29, 0.717) is 0 Å². The third-order valence-electron chi connectivity index (χ3n) is 1.85. The van der Waals surface area contributed by atoms with Crippen LogP contribution < -0.4 is 11.1 Å². The van der Waals surface area contributed by atoms with Crippen LogP contribution in [0.5, 0.6) is 0 Å². The second-order valence-corrected chi connectivity index (χ2v) is 3.26. The monoisotopic (exact) mass is 178 g/mol. The van der Waals surface area contributed by atoms with Gasteiger partial charge in [-0.05, 0) is 6.92 Å². The van der Waals surface area contributed by atoms with E-state index in [-0.39, 0.29) is 18.7 Å². The Morgan fingerprint density at radius 3 is 2.50 bits per heavy atom. The van der Waals surface area contributed by atoms with E-state index < -0.39 is 18.0 Å².